The Morgan fingerprint density at radius 2 is 1.79 bits per heavy atom. The smallest absolute Gasteiger partial charge is 0.223 e. The van der Waals surface area contributed by atoms with E-state index in [0.29, 0.717) is 22.3 Å². The van der Waals surface area contributed by atoms with Gasteiger partial charge in [0.2, 0.25) is 11.8 Å². The highest BCUT2D eigenvalue weighted by atomic mass is 35.5. The Hall–Kier alpha value is -1.25. The molecule has 0 unspecified atom stereocenters. The van der Waals surface area contributed by atoms with Crippen LogP contribution < -0.4 is 5.73 Å². The number of primary amides is 1. The third-order valence-corrected chi connectivity index (χ3v) is 9.48. The fraction of sp³-hybridized carbons (Fsp3) is 0.520. The monoisotopic (exact) mass is 541 g/mol. The number of thioether (sulfide) groups is 1. The van der Waals surface area contributed by atoms with E-state index in [4.69, 9.17) is 28.9 Å². The molecule has 186 valence electrons. The van der Waals surface area contributed by atoms with Gasteiger partial charge in [-0.15, -0.1) is 11.3 Å². The van der Waals surface area contributed by atoms with Gasteiger partial charge in [0.1, 0.15) is 0 Å². The highest BCUT2D eigenvalue weighted by Crippen LogP contribution is 2.44. The normalized spacial score (nSPS) is 20.4. The standard InChI is InChI=1S/C25H33Cl2N3O2S2/c1-29(2)25(22-7-4-15-34-22)12-10-18(11-13-25)30(24(32)9-8-23(28)31)14-16-33-17-19-20(26)5-3-6-21(19)27/h3-7,15,18H,8-14,16-17H2,1-2H3,(H2,28,31). The number of nitrogens with two attached hydrogens (primary N) is 1. The van der Waals surface area contributed by atoms with Gasteiger partial charge >= 0.3 is 0 Å². The van der Waals surface area contributed by atoms with E-state index in [-0.39, 0.29) is 30.3 Å². The molecule has 1 fully saturated rings. The Bertz CT molecular complexity index is 941. The first-order valence-electron chi connectivity index (χ1n) is 11.5. The van der Waals surface area contributed by atoms with Crippen molar-refractivity contribution >= 4 is 58.1 Å². The van der Waals surface area contributed by atoms with E-state index >= 15 is 0 Å². The molecule has 34 heavy (non-hydrogen) atoms. The third kappa shape index (κ3) is 6.70. The quantitative estimate of drug-likeness (QED) is 0.366. The van der Waals surface area contributed by atoms with E-state index in [0.717, 1.165) is 37.0 Å². The second kappa shape index (κ2) is 12.6. The van der Waals surface area contributed by atoms with Crippen molar-refractivity contribution in [2.24, 2.45) is 5.73 Å². The molecule has 0 bridgehead atoms. The summed E-state index contributed by atoms with van der Waals surface area (Å²) in [6, 6.07) is 10.0. The van der Waals surface area contributed by atoms with Crippen LogP contribution in [0.15, 0.2) is 35.7 Å². The lowest BCUT2D eigenvalue weighted by molar-refractivity contribution is -0.136. The Morgan fingerprint density at radius 1 is 1.12 bits per heavy atom. The highest BCUT2D eigenvalue weighted by molar-refractivity contribution is 7.98. The van der Waals surface area contributed by atoms with Crippen LogP contribution in [0.2, 0.25) is 10.0 Å². The van der Waals surface area contributed by atoms with Gasteiger partial charge in [-0.3, -0.25) is 14.5 Å². The molecule has 0 spiro atoms. The first-order chi connectivity index (χ1) is 16.2. The van der Waals surface area contributed by atoms with Crippen LogP contribution in [-0.2, 0) is 20.9 Å². The predicted octanol–water partition coefficient (Wildman–Crippen LogP) is 5.78. The lowest BCUT2D eigenvalue weighted by Crippen LogP contribution is -2.50. The van der Waals surface area contributed by atoms with E-state index < -0.39 is 5.91 Å². The van der Waals surface area contributed by atoms with Gasteiger partial charge in [-0.1, -0.05) is 35.3 Å². The van der Waals surface area contributed by atoms with Crippen molar-refractivity contribution in [3.8, 4) is 0 Å². The van der Waals surface area contributed by atoms with E-state index in [1.165, 1.54) is 4.88 Å². The number of nitrogens with zero attached hydrogens (tertiary/aromatic N) is 2. The first kappa shape index (κ1) is 27.3. The van der Waals surface area contributed by atoms with Crippen LogP contribution in [-0.4, -0.2) is 54.0 Å². The number of hydrogen-bond acceptors (Lipinski definition) is 5. The van der Waals surface area contributed by atoms with Crippen molar-refractivity contribution in [3.05, 3.63) is 56.2 Å². The van der Waals surface area contributed by atoms with Crippen molar-refractivity contribution < 1.29 is 9.59 Å². The van der Waals surface area contributed by atoms with E-state index in [1.807, 2.05) is 23.1 Å². The maximum absolute atomic E-state index is 13.1. The number of halogens is 2. The summed E-state index contributed by atoms with van der Waals surface area (Å²) in [5, 5.41) is 3.46. The molecule has 1 aromatic carbocycles. The van der Waals surface area contributed by atoms with Crippen molar-refractivity contribution in [3.63, 3.8) is 0 Å². The average Bonchev–Trinajstić information content (AvgIpc) is 3.35. The largest absolute Gasteiger partial charge is 0.370 e. The number of benzene rings is 1. The number of carbonyl (C=O) groups is 2. The van der Waals surface area contributed by atoms with Gasteiger partial charge in [0.05, 0.1) is 5.54 Å². The third-order valence-electron chi connectivity index (χ3n) is 6.75. The van der Waals surface area contributed by atoms with Crippen molar-refractivity contribution in [2.75, 3.05) is 26.4 Å². The zero-order chi connectivity index (χ0) is 24.7. The molecule has 1 aliphatic carbocycles. The van der Waals surface area contributed by atoms with E-state index in [2.05, 4.69) is 36.5 Å². The summed E-state index contributed by atoms with van der Waals surface area (Å²) in [7, 11) is 4.29. The van der Waals surface area contributed by atoms with Crippen molar-refractivity contribution in [1.29, 1.82) is 0 Å². The SMILES string of the molecule is CN(C)C1(c2cccs2)CCC(N(CCSCc2c(Cl)cccc2Cl)C(=O)CCC(N)=O)CC1. The summed E-state index contributed by atoms with van der Waals surface area (Å²) in [5.41, 5.74) is 6.25. The summed E-state index contributed by atoms with van der Waals surface area (Å²) < 4.78 is 0. The van der Waals surface area contributed by atoms with Crippen LogP contribution in [0.5, 0.6) is 0 Å². The number of carbonyl (C=O) groups excluding carboxylic acids is 2. The molecule has 2 aromatic rings. The minimum absolute atomic E-state index is 0.00801. The van der Waals surface area contributed by atoms with Crippen LogP contribution in [0.4, 0.5) is 0 Å². The molecule has 9 heteroatoms. The minimum atomic E-state index is -0.441. The van der Waals surface area contributed by atoms with Crippen LogP contribution >= 0.6 is 46.3 Å². The zero-order valence-corrected chi connectivity index (χ0v) is 22.9. The maximum atomic E-state index is 13.1. The van der Waals surface area contributed by atoms with Crippen molar-refractivity contribution in [1.82, 2.24) is 9.80 Å². The number of hydrogen-bond donors (Lipinski definition) is 1. The van der Waals surface area contributed by atoms with Gasteiger partial charge in [-0.05, 0) is 68.9 Å². The fourth-order valence-corrected chi connectivity index (χ4v) is 7.48. The van der Waals surface area contributed by atoms with Gasteiger partial charge in [-0.25, -0.2) is 0 Å². The predicted molar refractivity (Wildman–Crippen MR) is 145 cm³/mol. The Morgan fingerprint density at radius 3 is 2.35 bits per heavy atom. The summed E-state index contributed by atoms with van der Waals surface area (Å²) in [6.07, 6.45) is 4.09. The summed E-state index contributed by atoms with van der Waals surface area (Å²) in [6.45, 7) is 0.628. The summed E-state index contributed by atoms with van der Waals surface area (Å²) >= 11 is 16.1. The topological polar surface area (TPSA) is 66.6 Å². The lowest BCUT2D eigenvalue weighted by Gasteiger charge is -2.47. The fourth-order valence-electron chi connectivity index (χ4n) is 4.74. The van der Waals surface area contributed by atoms with Crippen LogP contribution in [0.1, 0.15) is 49.0 Å². The van der Waals surface area contributed by atoms with E-state index in [1.54, 1.807) is 23.1 Å². The van der Waals surface area contributed by atoms with Gasteiger partial charge in [0, 0.05) is 51.9 Å². The van der Waals surface area contributed by atoms with Gasteiger partial charge in [0.25, 0.3) is 0 Å². The lowest BCUT2D eigenvalue weighted by atomic mass is 9.77. The van der Waals surface area contributed by atoms with E-state index in [9.17, 15) is 9.59 Å². The van der Waals surface area contributed by atoms with Gasteiger partial charge < -0.3 is 10.6 Å². The molecule has 3 rings (SSSR count). The average molecular weight is 543 g/mol. The molecule has 5 nitrogen and oxygen atoms in total. The number of thiophene rings is 1. The number of amides is 2. The molecular weight excluding hydrogens is 509 g/mol. The molecule has 0 radical (unpaired) electrons. The van der Waals surface area contributed by atoms with Crippen LogP contribution in [0.3, 0.4) is 0 Å². The summed E-state index contributed by atoms with van der Waals surface area (Å²) in [5.74, 6) is 1.02. The molecule has 1 saturated carbocycles. The zero-order valence-electron chi connectivity index (χ0n) is 19.8. The molecule has 0 atom stereocenters. The molecular formula is C25H33Cl2N3O2S2. The molecule has 1 aliphatic rings. The Balaban J connectivity index is 1.65. The maximum Gasteiger partial charge on any atom is 0.223 e. The number of rotatable bonds is 11. The highest BCUT2D eigenvalue weighted by Gasteiger charge is 2.41. The van der Waals surface area contributed by atoms with Crippen LogP contribution in [0, 0.1) is 0 Å². The Labute approximate surface area is 221 Å². The second-order valence-corrected chi connectivity index (χ2v) is 11.8. The van der Waals surface area contributed by atoms with Crippen molar-refractivity contribution in [2.45, 2.75) is 55.9 Å². The molecule has 2 N–H and O–H groups in total. The Kier molecular flexibility index (Phi) is 10.2. The molecule has 0 aliphatic heterocycles. The molecule has 1 heterocycles. The van der Waals surface area contributed by atoms with Gasteiger partial charge in [-0.2, -0.15) is 11.8 Å². The second-order valence-electron chi connectivity index (χ2n) is 8.94. The molecule has 2 amide bonds. The van der Waals surface area contributed by atoms with Crippen LogP contribution in [0.25, 0.3) is 0 Å². The molecule has 1 aromatic heterocycles. The minimum Gasteiger partial charge on any atom is -0.370 e. The summed E-state index contributed by atoms with van der Waals surface area (Å²) in [4.78, 5) is 30.1. The molecule has 0 saturated heterocycles. The first-order valence-corrected chi connectivity index (χ1v) is 14.3. The van der Waals surface area contributed by atoms with Gasteiger partial charge in [0.15, 0.2) is 0 Å².